The Hall–Kier alpha value is -0.300. The second-order valence-corrected chi connectivity index (χ2v) is 4.11. The summed E-state index contributed by atoms with van der Waals surface area (Å²) in [5.74, 6) is 1.68. The van der Waals surface area contributed by atoms with Gasteiger partial charge >= 0.3 is 0 Å². The van der Waals surface area contributed by atoms with Crippen LogP contribution in [0.5, 0.6) is 0 Å². The first-order valence-electron chi connectivity index (χ1n) is 5.10. The molecule has 0 aromatic heterocycles. The van der Waals surface area contributed by atoms with Crippen LogP contribution >= 0.6 is 0 Å². The Morgan fingerprint density at radius 2 is 1.92 bits per heavy atom. The molecular weight excluding hydrogens is 146 g/mol. The van der Waals surface area contributed by atoms with Gasteiger partial charge in [0, 0.05) is 12.6 Å². The van der Waals surface area contributed by atoms with Crippen molar-refractivity contribution in [2.24, 2.45) is 11.8 Å². The molecule has 1 fully saturated rings. The minimum Gasteiger partial charge on any atom is -0.310 e. The van der Waals surface area contributed by atoms with Crippen LogP contribution in [0.1, 0.15) is 33.1 Å². The first kappa shape index (κ1) is 9.79. The van der Waals surface area contributed by atoms with Crippen molar-refractivity contribution in [3.8, 4) is 0 Å². The molecule has 0 bridgehead atoms. The molecule has 70 valence electrons. The van der Waals surface area contributed by atoms with Crippen molar-refractivity contribution >= 4 is 0 Å². The van der Waals surface area contributed by atoms with Gasteiger partial charge in [-0.1, -0.05) is 26.3 Å². The van der Waals surface area contributed by atoms with Gasteiger partial charge in [-0.05, 0) is 24.7 Å². The van der Waals surface area contributed by atoms with Gasteiger partial charge in [-0.25, -0.2) is 0 Å². The quantitative estimate of drug-likeness (QED) is 0.637. The Morgan fingerprint density at radius 1 is 1.33 bits per heavy atom. The molecule has 12 heavy (non-hydrogen) atoms. The Kier molecular flexibility index (Phi) is 3.80. The molecule has 0 amide bonds. The van der Waals surface area contributed by atoms with Gasteiger partial charge < -0.3 is 5.32 Å². The number of nitrogens with one attached hydrogen (secondary N) is 1. The highest BCUT2D eigenvalue weighted by molar-refractivity contribution is 4.85. The van der Waals surface area contributed by atoms with E-state index >= 15 is 0 Å². The standard InChI is InChI=1S/C11H21N/c1-4-8-12-11-9(2)6-5-7-10(11)3/h4,9-12H,1,5-8H2,2-3H3. The largest absolute Gasteiger partial charge is 0.310 e. The van der Waals surface area contributed by atoms with Crippen LogP contribution in [0.4, 0.5) is 0 Å². The summed E-state index contributed by atoms with van der Waals surface area (Å²) in [6.07, 6.45) is 6.14. The van der Waals surface area contributed by atoms with Gasteiger partial charge in [0.05, 0.1) is 0 Å². The van der Waals surface area contributed by atoms with E-state index in [0.717, 1.165) is 24.4 Å². The molecule has 2 atom stereocenters. The molecule has 1 N–H and O–H groups in total. The molecule has 0 radical (unpaired) electrons. The van der Waals surface area contributed by atoms with Crippen molar-refractivity contribution in [3.63, 3.8) is 0 Å². The summed E-state index contributed by atoms with van der Waals surface area (Å²) < 4.78 is 0. The van der Waals surface area contributed by atoms with Crippen LogP contribution < -0.4 is 5.32 Å². The van der Waals surface area contributed by atoms with Crippen molar-refractivity contribution in [2.45, 2.75) is 39.2 Å². The fourth-order valence-corrected chi connectivity index (χ4v) is 2.30. The van der Waals surface area contributed by atoms with E-state index in [2.05, 4.69) is 25.7 Å². The van der Waals surface area contributed by atoms with Crippen molar-refractivity contribution in [3.05, 3.63) is 12.7 Å². The summed E-state index contributed by atoms with van der Waals surface area (Å²) in [6.45, 7) is 9.41. The molecule has 1 aliphatic carbocycles. The van der Waals surface area contributed by atoms with Crippen molar-refractivity contribution in [1.82, 2.24) is 5.32 Å². The Balaban J connectivity index is 2.39. The van der Waals surface area contributed by atoms with Gasteiger partial charge in [-0.3, -0.25) is 0 Å². The van der Waals surface area contributed by atoms with E-state index in [1.807, 2.05) is 6.08 Å². The summed E-state index contributed by atoms with van der Waals surface area (Å²) in [4.78, 5) is 0. The highest BCUT2D eigenvalue weighted by Gasteiger charge is 2.26. The second kappa shape index (κ2) is 4.66. The van der Waals surface area contributed by atoms with Crippen LogP contribution in [-0.2, 0) is 0 Å². The number of rotatable bonds is 3. The third kappa shape index (κ3) is 2.34. The minimum atomic E-state index is 0.719. The monoisotopic (exact) mass is 167 g/mol. The van der Waals surface area contributed by atoms with Crippen LogP contribution in [0.15, 0.2) is 12.7 Å². The summed E-state index contributed by atoms with van der Waals surface area (Å²) in [6, 6.07) is 0.719. The van der Waals surface area contributed by atoms with Gasteiger partial charge in [0.1, 0.15) is 0 Å². The lowest BCUT2D eigenvalue weighted by atomic mass is 9.79. The second-order valence-electron chi connectivity index (χ2n) is 4.11. The molecule has 1 saturated carbocycles. The van der Waals surface area contributed by atoms with Crippen LogP contribution in [0.3, 0.4) is 0 Å². The first-order chi connectivity index (χ1) is 5.75. The van der Waals surface area contributed by atoms with E-state index in [-0.39, 0.29) is 0 Å². The summed E-state index contributed by atoms with van der Waals surface area (Å²) in [5, 5.41) is 3.55. The zero-order valence-corrected chi connectivity index (χ0v) is 8.34. The topological polar surface area (TPSA) is 12.0 Å². The summed E-state index contributed by atoms with van der Waals surface area (Å²) in [5.41, 5.74) is 0. The van der Waals surface area contributed by atoms with E-state index in [9.17, 15) is 0 Å². The van der Waals surface area contributed by atoms with Crippen LogP contribution in [0, 0.1) is 11.8 Å². The normalized spacial score (nSPS) is 36.3. The smallest absolute Gasteiger partial charge is 0.0135 e. The van der Waals surface area contributed by atoms with Crippen LogP contribution in [0.25, 0.3) is 0 Å². The average molecular weight is 167 g/mol. The van der Waals surface area contributed by atoms with E-state index in [4.69, 9.17) is 0 Å². The molecule has 0 spiro atoms. The SMILES string of the molecule is C=CCNC1C(C)CCCC1C. The van der Waals surface area contributed by atoms with Gasteiger partial charge in [0.15, 0.2) is 0 Å². The van der Waals surface area contributed by atoms with Gasteiger partial charge in [-0.2, -0.15) is 0 Å². The maximum absolute atomic E-state index is 3.73. The lowest BCUT2D eigenvalue weighted by Crippen LogP contribution is -2.42. The predicted octanol–water partition coefficient (Wildman–Crippen LogP) is 2.59. The molecule has 0 saturated heterocycles. The zero-order chi connectivity index (χ0) is 8.97. The molecule has 0 heterocycles. The molecule has 1 heteroatoms. The molecular formula is C11H21N. The van der Waals surface area contributed by atoms with E-state index < -0.39 is 0 Å². The van der Waals surface area contributed by atoms with Gasteiger partial charge in [0.2, 0.25) is 0 Å². The van der Waals surface area contributed by atoms with Crippen LogP contribution in [0.2, 0.25) is 0 Å². The van der Waals surface area contributed by atoms with Crippen LogP contribution in [-0.4, -0.2) is 12.6 Å². The fourth-order valence-electron chi connectivity index (χ4n) is 2.30. The third-order valence-electron chi connectivity index (χ3n) is 3.04. The maximum atomic E-state index is 3.73. The van der Waals surface area contributed by atoms with Gasteiger partial charge in [0.25, 0.3) is 0 Å². The van der Waals surface area contributed by atoms with E-state index in [1.54, 1.807) is 0 Å². The maximum Gasteiger partial charge on any atom is 0.0135 e. The molecule has 1 rings (SSSR count). The molecule has 0 aliphatic heterocycles. The Labute approximate surface area is 76.2 Å². The van der Waals surface area contributed by atoms with E-state index in [0.29, 0.717) is 0 Å². The molecule has 2 unspecified atom stereocenters. The molecule has 1 aliphatic rings. The highest BCUT2D eigenvalue weighted by atomic mass is 14.9. The Bertz CT molecular complexity index is 132. The van der Waals surface area contributed by atoms with Crippen molar-refractivity contribution in [1.29, 1.82) is 0 Å². The first-order valence-corrected chi connectivity index (χ1v) is 5.10. The average Bonchev–Trinajstić information content (AvgIpc) is 2.04. The molecule has 0 aromatic rings. The molecule has 1 nitrogen and oxygen atoms in total. The lowest BCUT2D eigenvalue weighted by molar-refractivity contribution is 0.214. The summed E-state index contributed by atoms with van der Waals surface area (Å²) in [7, 11) is 0. The zero-order valence-electron chi connectivity index (χ0n) is 8.34. The number of hydrogen-bond acceptors (Lipinski definition) is 1. The minimum absolute atomic E-state index is 0.719. The highest BCUT2D eigenvalue weighted by Crippen LogP contribution is 2.28. The van der Waals surface area contributed by atoms with E-state index in [1.165, 1.54) is 19.3 Å². The predicted molar refractivity (Wildman–Crippen MR) is 54.2 cm³/mol. The van der Waals surface area contributed by atoms with Crippen molar-refractivity contribution in [2.75, 3.05) is 6.54 Å². The third-order valence-corrected chi connectivity index (χ3v) is 3.04. The fraction of sp³-hybridized carbons (Fsp3) is 0.818. The summed E-state index contributed by atoms with van der Waals surface area (Å²) >= 11 is 0. The number of hydrogen-bond donors (Lipinski definition) is 1. The molecule has 0 aromatic carbocycles. The Morgan fingerprint density at radius 3 is 2.42 bits per heavy atom. The van der Waals surface area contributed by atoms with Crippen molar-refractivity contribution < 1.29 is 0 Å². The van der Waals surface area contributed by atoms with Gasteiger partial charge in [-0.15, -0.1) is 6.58 Å². The lowest BCUT2D eigenvalue weighted by Gasteiger charge is -2.35.